The molecule has 2 rings (SSSR count). The molecule has 1 saturated heterocycles. The molecule has 1 aromatic rings. The first-order valence-electron chi connectivity index (χ1n) is 6.29. The van der Waals surface area contributed by atoms with Crippen LogP contribution in [-0.2, 0) is 0 Å². The number of rotatable bonds is 2. The zero-order valence-electron chi connectivity index (χ0n) is 11.0. The van der Waals surface area contributed by atoms with Gasteiger partial charge in [-0.25, -0.2) is 8.78 Å². The molecule has 3 nitrogen and oxygen atoms in total. The van der Waals surface area contributed by atoms with E-state index in [9.17, 15) is 13.9 Å². The van der Waals surface area contributed by atoms with E-state index in [1.54, 1.807) is 11.8 Å². The molecule has 1 aliphatic rings. The second kappa shape index (κ2) is 4.78. The lowest BCUT2D eigenvalue weighted by molar-refractivity contribution is 0.0501. The molecule has 0 saturated carbocycles. The minimum Gasteiger partial charge on any atom is -0.388 e. The van der Waals surface area contributed by atoms with E-state index in [-0.39, 0.29) is 6.04 Å². The fraction of sp³-hybridized carbons (Fsp3) is 0.500. The Morgan fingerprint density at radius 1 is 1.47 bits per heavy atom. The Hall–Kier alpha value is -1.67. The molecule has 1 aromatic carbocycles. The molecule has 0 aromatic heterocycles. The summed E-state index contributed by atoms with van der Waals surface area (Å²) in [5.41, 5.74) is -1.06. The molecule has 0 spiro atoms. The average molecular weight is 266 g/mol. The Labute approximate surface area is 111 Å². The van der Waals surface area contributed by atoms with E-state index in [0.29, 0.717) is 25.1 Å². The van der Waals surface area contributed by atoms with Crippen molar-refractivity contribution < 1.29 is 13.9 Å². The van der Waals surface area contributed by atoms with Crippen LogP contribution in [0, 0.1) is 23.0 Å². The van der Waals surface area contributed by atoms with E-state index in [4.69, 9.17) is 5.26 Å². The van der Waals surface area contributed by atoms with Crippen LogP contribution >= 0.6 is 0 Å². The van der Waals surface area contributed by atoms with Crippen LogP contribution in [0.4, 0.5) is 14.5 Å². The van der Waals surface area contributed by atoms with Crippen LogP contribution in [0.3, 0.4) is 0 Å². The van der Waals surface area contributed by atoms with E-state index in [0.717, 1.165) is 12.1 Å². The van der Waals surface area contributed by atoms with Gasteiger partial charge in [0.15, 0.2) is 0 Å². The van der Waals surface area contributed by atoms with E-state index in [1.165, 1.54) is 6.07 Å². The van der Waals surface area contributed by atoms with Crippen molar-refractivity contribution in [2.75, 3.05) is 11.4 Å². The SMILES string of the molecule is CCC1N(c2cc(F)c(C#N)c(F)c2)CCC1(C)O. The number of anilines is 1. The number of nitrogens with zero attached hydrogens (tertiary/aromatic N) is 2. The van der Waals surface area contributed by atoms with Gasteiger partial charge in [-0.1, -0.05) is 6.92 Å². The Morgan fingerprint density at radius 2 is 2.05 bits per heavy atom. The number of halogens is 2. The van der Waals surface area contributed by atoms with Gasteiger partial charge >= 0.3 is 0 Å². The summed E-state index contributed by atoms with van der Waals surface area (Å²) in [4.78, 5) is 1.80. The van der Waals surface area contributed by atoms with Crippen LogP contribution in [0.2, 0.25) is 0 Å². The third-order valence-electron chi connectivity index (χ3n) is 3.81. The summed E-state index contributed by atoms with van der Waals surface area (Å²) in [6, 6.07) is 3.64. The van der Waals surface area contributed by atoms with Gasteiger partial charge in [0.05, 0.1) is 11.6 Å². The fourth-order valence-corrected chi connectivity index (χ4v) is 2.81. The minimum atomic E-state index is -0.865. The summed E-state index contributed by atoms with van der Waals surface area (Å²) in [5, 5.41) is 18.9. The Morgan fingerprint density at radius 3 is 2.53 bits per heavy atom. The molecule has 0 bridgehead atoms. The summed E-state index contributed by atoms with van der Waals surface area (Å²) in [6.45, 7) is 4.20. The molecular formula is C14H16F2N2O. The standard InChI is InChI=1S/C14H16F2N2O/c1-3-13-14(2,19)4-5-18(13)9-6-11(15)10(8-17)12(16)7-9/h6-7,13,19H,3-5H2,1-2H3. The number of hydrogen-bond donors (Lipinski definition) is 1. The summed E-state index contributed by atoms with van der Waals surface area (Å²) in [7, 11) is 0. The van der Waals surface area contributed by atoms with Crippen molar-refractivity contribution in [3.05, 3.63) is 29.3 Å². The molecule has 1 heterocycles. The molecule has 1 N–H and O–H groups in total. The fourth-order valence-electron chi connectivity index (χ4n) is 2.81. The number of nitriles is 1. The first-order chi connectivity index (χ1) is 8.90. The smallest absolute Gasteiger partial charge is 0.146 e. The lowest BCUT2D eigenvalue weighted by Gasteiger charge is -2.32. The molecule has 1 aliphatic heterocycles. The van der Waals surface area contributed by atoms with Crippen molar-refractivity contribution in [1.29, 1.82) is 5.26 Å². The van der Waals surface area contributed by atoms with Crippen molar-refractivity contribution in [3.8, 4) is 6.07 Å². The van der Waals surface area contributed by atoms with E-state index in [2.05, 4.69) is 0 Å². The van der Waals surface area contributed by atoms with Crippen LogP contribution in [0.15, 0.2) is 12.1 Å². The maximum atomic E-state index is 13.6. The van der Waals surface area contributed by atoms with Gasteiger partial charge in [-0.3, -0.25) is 0 Å². The average Bonchev–Trinajstić information content (AvgIpc) is 2.63. The van der Waals surface area contributed by atoms with Crippen molar-refractivity contribution >= 4 is 5.69 Å². The Bertz CT molecular complexity index is 514. The van der Waals surface area contributed by atoms with Crippen molar-refractivity contribution in [1.82, 2.24) is 0 Å². The van der Waals surface area contributed by atoms with Gasteiger partial charge in [0.2, 0.25) is 0 Å². The van der Waals surface area contributed by atoms with Gasteiger partial charge in [0, 0.05) is 12.2 Å². The van der Waals surface area contributed by atoms with E-state index < -0.39 is 22.8 Å². The summed E-state index contributed by atoms with van der Waals surface area (Å²) in [5.74, 6) is -1.72. The first kappa shape index (κ1) is 13.8. The number of aliphatic hydroxyl groups is 1. The molecule has 0 radical (unpaired) electrons. The van der Waals surface area contributed by atoms with Crippen molar-refractivity contribution in [2.24, 2.45) is 0 Å². The van der Waals surface area contributed by atoms with Crippen LogP contribution in [0.5, 0.6) is 0 Å². The summed E-state index contributed by atoms with van der Waals surface area (Å²) in [6.07, 6.45) is 1.23. The highest BCUT2D eigenvalue weighted by atomic mass is 19.1. The third-order valence-corrected chi connectivity index (χ3v) is 3.81. The summed E-state index contributed by atoms with van der Waals surface area (Å²) >= 11 is 0. The predicted octanol–water partition coefficient (Wildman–Crippen LogP) is 2.58. The van der Waals surface area contributed by atoms with E-state index >= 15 is 0 Å². The maximum Gasteiger partial charge on any atom is 0.146 e. The molecule has 5 heteroatoms. The normalized spacial score (nSPS) is 26.5. The van der Waals surface area contributed by atoms with Crippen LogP contribution < -0.4 is 4.90 Å². The van der Waals surface area contributed by atoms with Crippen LogP contribution in [0.25, 0.3) is 0 Å². The molecule has 2 atom stereocenters. The topological polar surface area (TPSA) is 47.3 Å². The Balaban J connectivity index is 2.41. The van der Waals surface area contributed by atoms with Gasteiger partial charge in [0.1, 0.15) is 23.3 Å². The van der Waals surface area contributed by atoms with E-state index in [1.807, 2.05) is 6.92 Å². The third kappa shape index (κ3) is 2.28. The van der Waals surface area contributed by atoms with Crippen LogP contribution in [-0.4, -0.2) is 23.3 Å². The molecular weight excluding hydrogens is 250 g/mol. The highest BCUT2D eigenvalue weighted by molar-refractivity contribution is 5.53. The number of hydrogen-bond acceptors (Lipinski definition) is 3. The summed E-state index contributed by atoms with van der Waals surface area (Å²) < 4.78 is 27.3. The predicted molar refractivity (Wildman–Crippen MR) is 67.7 cm³/mol. The van der Waals surface area contributed by atoms with Gasteiger partial charge in [-0.05, 0) is 31.9 Å². The maximum absolute atomic E-state index is 13.6. The van der Waals surface area contributed by atoms with Gasteiger partial charge in [-0.2, -0.15) is 5.26 Å². The molecule has 2 unspecified atom stereocenters. The molecule has 102 valence electrons. The highest BCUT2D eigenvalue weighted by Gasteiger charge is 2.41. The monoisotopic (exact) mass is 266 g/mol. The minimum absolute atomic E-state index is 0.181. The first-order valence-corrected chi connectivity index (χ1v) is 6.29. The second-order valence-electron chi connectivity index (χ2n) is 5.12. The molecule has 0 amide bonds. The van der Waals surface area contributed by atoms with Gasteiger partial charge in [-0.15, -0.1) is 0 Å². The second-order valence-corrected chi connectivity index (χ2v) is 5.12. The zero-order chi connectivity index (χ0) is 14.2. The van der Waals surface area contributed by atoms with Crippen molar-refractivity contribution in [2.45, 2.75) is 38.3 Å². The van der Waals surface area contributed by atoms with Gasteiger partial charge < -0.3 is 10.0 Å². The highest BCUT2D eigenvalue weighted by Crippen LogP contribution is 2.35. The zero-order valence-corrected chi connectivity index (χ0v) is 11.0. The lowest BCUT2D eigenvalue weighted by Crippen LogP contribution is -2.42. The molecule has 19 heavy (non-hydrogen) atoms. The molecule has 1 fully saturated rings. The van der Waals surface area contributed by atoms with Gasteiger partial charge in [0.25, 0.3) is 0 Å². The van der Waals surface area contributed by atoms with Crippen LogP contribution in [0.1, 0.15) is 32.3 Å². The Kier molecular flexibility index (Phi) is 3.46. The largest absolute Gasteiger partial charge is 0.388 e. The number of benzene rings is 1. The lowest BCUT2D eigenvalue weighted by atomic mass is 9.95. The quantitative estimate of drug-likeness (QED) is 0.895. The van der Waals surface area contributed by atoms with Crippen molar-refractivity contribution in [3.63, 3.8) is 0 Å². The molecule has 0 aliphatic carbocycles.